The van der Waals surface area contributed by atoms with Crippen LogP contribution in [0.2, 0.25) is 10.0 Å². The van der Waals surface area contributed by atoms with Crippen molar-refractivity contribution in [2.24, 2.45) is 5.92 Å². The van der Waals surface area contributed by atoms with E-state index in [9.17, 15) is 41.0 Å². The molecule has 1 aliphatic rings. The number of aliphatic hydroxyl groups excluding tert-OH is 2. The van der Waals surface area contributed by atoms with E-state index in [2.05, 4.69) is 10.6 Å². The summed E-state index contributed by atoms with van der Waals surface area (Å²) in [5.41, 5.74) is 1.70. The molecule has 4 aromatic carbocycles. The maximum absolute atomic E-state index is 14.5. The Balaban J connectivity index is 0.000000245. The van der Waals surface area contributed by atoms with Crippen molar-refractivity contribution in [2.45, 2.75) is 45.0 Å². The molecule has 0 spiro atoms. The van der Waals surface area contributed by atoms with Gasteiger partial charge in [0.15, 0.2) is 29.6 Å². The maximum Gasteiger partial charge on any atom is 0.277 e. The Bertz CT molecular complexity index is 2050. The first kappa shape index (κ1) is 44.6. The van der Waals surface area contributed by atoms with E-state index < -0.39 is 91.7 Å². The number of carbonyl (C=O) groups is 2. The fraction of sp³-hybridized carbons (Fsp3) is 0.257. The predicted molar refractivity (Wildman–Crippen MR) is 209 cm³/mol. The summed E-state index contributed by atoms with van der Waals surface area (Å²) in [5, 5.41) is 22.4. The van der Waals surface area contributed by atoms with Crippen molar-refractivity contribution in [3.63, 3.8) is 0 Å². The van der Waals surface area contributed by atoms with Crippen LogP contribution in [0.15, 0.2) is 48.5 Å². The molecule has 0 aliphatic heterocycles. The second kappa shape index (κ2) is 20.3. The van der Waals surface area contributed by atoms with Gasteiger partial charge in [0.2, 0.25) is 0 Å². The molecular formula is C35H30Cl2F6I2N4O6. The minimum atomic E-state index is -1.45. The third-order valence-corrected chi connectivity index (χ3v) is 9.89. The molecule has 1 aliphatic carbocycles. The number of halogens is 10. The molecule has 0 heterocycles. The van der Waals surface area contributed by atoms with Gasteiger partial charge in [-0.15, -0.1) is 0 Å². The molecule has 2 unspecified atom stereocenters. The molecule has 296 valence electrons. The van der Waals surface area contributed by atoms with Gasteiger partial charge in [-0.3, -0.25) is 14.4 Å². The topological polar surface area (TPSA) is 141 Å². The molecule has 5 rings (SSSR count). The van der Waals surface area contributed by atoms with Gasteiger partial charge >= 0.3 is 0 Å². The summed E-state index contributed by atoms with van der Waals surface area (Å²) in [6, 6.07) is 9.89. The molecule has 0 aromatic heterocycles. The highest BCUT2D eigenvalue weighted by Crippen LogP contribution is 2.34. The zero-order valence-corrected chi connectivity index (χ0v) is 34.0. The van der Waals surface area contributed by atoms with Crippen LogP contribution < -0.4 is 21.6 Å². The summed E-state index contributed by atoms with van der Waals surface area (Å²) in [6.45, 7) is 1.36. The monoisotopic (exact) mass is 1040 g/mol. The highest BCUT2D eigenvalue weighted by Gasteiger charge is 2.29. The molecule has 2 amide bonds. The standard InChI is InChI=1S/C18H15ClF3IN2O3.C17H15ClF3IN2O3/c19-11-7-10(17(26)25-28-18(27)8-2-1-3-8)16(15(22)14(11)21)24-13-5-4-9(23)6-12(13)20;1-2-9(7-25)27-24-17(26)10-6-11(18)14(20)15(21)16(10)23-13-4-3-8(22)5-12(13)19/h4-8,18,24,27H,1-3H2,(H,25,26);3-6,9,23,25H,2,7H2,1H3,(H,24,26). The summed E-state index contributed by atoms with van der Waals surface area (Å²) >= 11 is 15.1. The van der Waals surface area contributed by atoms with Crippen LogP contribution in [0.1, 0.15) is 53.3 Å². The van der Waals surface area contributed by atoms with Crippen molar-refractivity contribution in [1.29, 1.82) is 0 Å². The van der Waals surface area contributed by atoms with Gasteiger partial charge in [0.1, 0.15) is 17.7 Å². The summed E-state index contributed by atoms with van der Waals surface area (Å²) < 4.78 is 86.0. The SMILES string of the molecule is CCC(CO)ONC(=O)c1cc(Cl)c(F)c(F)c1Nc1ccc(I)cc1F.O=C(NOC(O)C1CCC1)c1cc(Cl)c(F)c(F)c1Nc1ccc(I)cc1F. The Morgan fingerprint density at radius 1 is 0.764 bits per heavy atom. The minimum Gasteiger partial charge on any atom is -0.394 e. The lowest BCUT2D eigenvalue weighted by molar-refractivity contribution is -0.178. The smallest absolute Gasteiger partial charge is 0.277 e. The van der Waals surface area contributed by atoms with Crippen LogP contribution in [-0.4, -0.2) is 41.0 Å². The van der Waals surface area contributed by atoms with Crippen molar-refractivity contribution >= 4 is 103 Å². The van der Waals surface area contributed by atoms with Crippen LogP contribution in [0.5, 0.6) is 0 Å². The van der Waals surface area contributed by atoms with Crippen LogP contribution in [0.3, 0.4) is 0 Å². The predicted octanol–water partition coefficient (Wildman–Crippen LogP) is 9.42. The van der Waals surface area contributed by atoms with Crippen LogP contribution in [0.4, 0.5) is 49.1 Å². The third kappa shape index (κ3) is 11.5. The van der Waals surface area contributed by atoms with Gasteiger partial charge in [0.05, 0.1) is 50.5 Å². The molecule has 0 radical (unpaired) electrons. The minimum absolute atomic E-state index is 0.104. The van der Waals surface area contributed by atoms with Crippen molar-refractivity contribution in [3.05, 3.63) is 112 Å². The lowest BCUT2D eigenvalue weighted by Gasteiger charge is -2.29. The summed E-state index contributed by atoms with van der Waals surface area (Å²) in [7, 11) is 0. The second-order valence-electron chi connectivity index (χ2n) is 11.7. The molecule has 6 N–H and O–H groups in total. The average Bonchev–Trinajstić information content (AvgIpc) is 3.12. The van der Waals surface area contributed by atoms with Gasteiger partial charge in [0, 0.05) is 13.1 Å². The Labute approximate surface area is 347 Å². The van der Waals surface area contributed by atoms with Crippen LogP contribution in [0, 0.1) is 48.0 Å². The van der Waals surface area contributed by atoms with E-state index in [1.165, 1.54) is 24.3 Å². The first-order valence-electron chi connectivity index (χ1n) is 16.1. The van der Waals surface area contributed by atoms with Crippen LogP contribution in [-0.2, 0) is 9.68 Å². The molecule has 0 bridgehead atoms. The van der Waals surface area contributed by atoms with Crippen molar-refractivity contribution in [1.82, 2.24) is 11.0 Å². The molecular weight excluding hydrogens is 1010 g/mol. The number of aliphatic hydroxyl groups is 2. The van der Waals surface area contributed by atoms with E-state index in [1.807, 2.05) is 56.1 Å². The van der Waals surface area contributed by atoms with Gasteiger partial charge < -0.3 is 20.8 Å². The third-order valence-electron chi connectivity index (χ3n) is 8.00. The van der Waals surface area contributed by atoms with Gasteiger partial charge in [0.25, 0.3) is 11.8 Å². The van der Waals surface area contributed by atoms with E-state index in [-0.39, 0.29) is 23.9 Å². The van der Waals surface area contributed by atoms with Crippen LogP contribution in [0.25, 0.3) is 0 Å². The quantitative estimate of drug-likeness (QED) is 0.0256. The van der Waals surface area contributed by atoms with Gasteiger partial charge in [-0.1, -0.05) is 36.5 Å². The number of benzene rings is 4. The summed E-state index contributed by atoms with van der Waals surface area (Å²) in [4.78, 5) is 34.7. The van der Waals surface area contributed by atoms with Gasteiger partial charge in [-0.2, -0.15) is 0 Å². The zero-order chi connectivity index (χ0) is 40.6. The van der Waals surface area contributed by atoms with E-state index >= 15 is 0 Å². The molecule has 55 heavy (non-hydrogen) atoms. The fourth-order valence-corrected chi connectivity index (χ4v) is 5.97. The summed E-state index contributed by atoms with van der Waals surface area (Å²) in [6.07, 6.45) is 0.963. The molecule has 0 saturated heterocycles. The highest BCUT2D eigenvalue weighted by atomic mass is 127. The number of carbonyl (C=O) groups excluding carboxylic acids is 2. The van der Waals surface area contributed by atoms with Crippen molar-refractivity contribution in [3.8, 4) is 0 Å². The first-order chi connectivity index (χ1) is 26.1. The molecule has 1 fully saturated rings. The Morgan fingerprint density at radius 3 is 1.56 bits per heavy atom. The lowest BCUT2D eigenvalue weighted by atomic mass is 9.85. The molecule has 2 atom stereocenters. The van der Waals surface area contributed by atoms with E-state index in [1.54, 1.807) is 19.1 Å². The molecule has 4 aromatic rings. The fourth-order valence-electron chi connectivity index (χ4n) is 4.68. The number of hydrogen-bond acceptors (Lipinski definition) is 8. The van der Waals surface area contributed by atoms with Gasteiger partial charge in [-0.25, -0.2) is 42.1 Å². The number of hydrogen-bond donors (Lipinski definition) is 6. The normalized spacial score (nSPS) is 13.5. The van der Waals surface area contributed by atoms with Crippen molar-refractivity contribution < 1.29 is 55.8 Å². The average molecular weight is 1040 g/mol. The van der Waals surface area contributed by atoms with E-state index in [4.69, 9.17) is 38.0 Å². The van der Waals surface area contributed by atoms with E-state index in [0.29, 0.717) is 13.6 Å². The molecule has 10 nitrogen and oxygen atoms in total. The largest absolute Gasteiger partial charge is 0.394 e. The Kier molecular flexibility index (Phi) is 16.5. The maximum atomic E-state index is 14.5. The second-order valence-corrected chi connectivity index (χ2v) is 15.0. The number of amides is 2. The van der Waals surface area contributed by atoms with Gasteiger partial charge in [-0.05, 0) is 113 Å². The van der Waals surface area contributed by atoms with Crippen LogP contribution >= 0.6 is 68.4 Å². The Morgan fingerprint density at radius 2 is 1.20 bits per heavy atom. The van der Waals surface area contributed by atoms with Crippen molar-refractivity contribution in [2.75, 3.05) is 17.2 Å². The zero-order valence-electron chi connectivity index (χ0n) is 28.2. The molecule has 20 heteroatoms. The Hall–Kier alpha value is -3.12. The first-order valence-corrected chi connectivity index (χ1v) is 19.0. The molecule has 1 saturated carbocycles. The lowest BCUT2D eigenvalue weighted by Crippen LogP contribution is -2.36. The number of hydroxylamine groups is 2. The highest BCUT2D eigenvalue weighted by molar-refractivity contribution is 14.1. The summed E-state index contributed by atoms with van der Waals surface area (Å²) in [5.74, 6) is -9.13. The number of rotatable bonds is 13. The van der Waals surface area contributed by atoms with E-state index in [0.717, 1.165) is 31.4 Å². The number of nitrogens with one attached hydrogen (secondary N) is 4. The number of anilines is 4.